The second-order valence-electron chi connectivity index (χ2n) is 7.08. The van der Waals surface area contributed by atoms with Gasteiger partial charge in [0.05, 0.1) is 25.6 Å². The van der Waals surface area contributed by atoms with Crippen LogP contribution >= 0.6 is 0 Å². The van der Waals surface area contributed by atoms with Crippen LogP contribution in [0.1, 0.15) is 11.1 Å². The lowest BCUT2D eigenvalue weighted by Crippen LogP contribution is -2.19. The monoisotopic (exact) mass is 396 g/mol. The number of amides is 4. The Hall–Kier alpha value is -3.42. The van der Waals surface area contributed by atoms with Crippen molar-refractivity contribution in [1.82, 2.24) is 9.80 Å². The van der Waals surface area contributed by atoms with Crippen molar-refractivity contribution in [3.63, 3.8) is 0 Å². The molecule has 2 aromatic carbocycles. The van der Waals surface area contributed by atoms with Crippen LogP contribution in [-0.4, -0.2) is 62.3 Å². The number of nitrogens with one attached hydrogen (secondary N) is 2. The first-order valence-corrected chi connectivity index (χ1v) is 9.53. The van der Waals surface area contributed by atoms with Gasteiger partial charge in [0.15, 0.2) is 0 Å². The Balaban J connectivity index is 1.47. The zero-order chi connectivity index (χ0) is 20.4. The average molecular weight is 396 g/mol. The molecule has 0 spiro atoms. The summed E-state index contributed by atoms with van der Waals surface area (Å²) in [5.74, 6) is 1.24. The Morgan fingerprint density at radius 2 is 1.21 bits per heavy atom. The van der Waals surface area contributed by atoms with Gasteiger partial charge in [-0.15, -0.1) is 0 Å². The fourth-order valence-electron chi connectivity index (χ4n) is 3.03. The van der Waals surface area contributed by atoms with Crippen molar-refractivity contribution in [2.75, 3.05) is 51.0 Å². The van der Waals surface area contributed by atoms with Gasteiger partial charge in [-0.25, -0.2) is 9.59 Å². The summed E-state index contributed by atoms with van der Waals surface area (Å²) < 4.78 is 10.9. The Bertz CT molecular complexity index is 863. The van der Waals surface area contributed by atoms with E-state index in [2.05, 4.69) is 10.6 Å². The molecule has 0 saturated carbocycles. The predicted octanol–water partition coefficient (Wildman–Crippen LogP) is 2.99. The van der Waals surface area contributed by atoms with Crippen molar-refractivity contribution in [3.05, 3.63) is 47.5 Å². The van der Waals surface area contributed by atoms with E-state index in [9.17, 15) is 9.59 Å². The predicted molar refractivity (Wildman–Crippen MR) is 110 cm³/mol. The fourth-order valence-corrected chi connectivity index (χ4v) is 3.03. The van der Waals surface area contributed by atoms with E-state index in [1.54, 1.807) is 24.0 Å². The van der Waals surface area contributed by atoms with Crippen LogP contribution in [0.15, 0.2) is 36.4 Å². The minimum atomic E-state index is -0.110. The van der Waals surface area contributed by atoms with E-state index in [-0.39, 0.29) is 12.1 Å². The molecule has 0 aliphatic carbocycles. The maximum absolute atomic E-state index is 12.0. The van der Waals surface area contributed by atoms with Crippen LogP contribution in [0.25, 0.3) is 0 Å². The van der Waals surface area contributed by atoms with E-state index in [1.807, 2.05) is 36.4 Å². The van der Waals surface area contributed by atoms with Gasteiger partial charge in [-0.3, -0.25) is 0 Å². The van der Waals surface area contributed by atoms with Crippen molar-refractivity contribution in [2.24, 2.45) is 0 Å². The van der Waals surface area contributed by atoms with Gasteiger partial charge in [0.1, 0.15) is 11.5 Å². The minimum Gasteiger partial charge on any atom is -0.495 e. The standard InChI is InChI=1S/C21H24N4O4/c1-28-18-12-14(3-5-16(18)22-20(26)24-7-8-24)11-15-4-6-17(19(13-15)29-2)23-21(27)25-9-10-25/h3-6,12-13H,7-11H2,1-2H3,(H,22,26)(H,23,27). The SMILES string of the molecule is COc1cc(Cc2ccc(NC(=O)N3CC3)c(OC)c2)ccc1NC(=O)N1CC1. The van der Waals surface area contributed by atoms with E-state index in [1.165, 1.54) is 0 Å². The topological polar surface area (TPSA) is 82.7 Å². The summed E-state index contributed by atoms with van der Waals surface area (Å²) in [4.78, 5) is 27.3. The number of urea groups is 2. The second kappa shape index (κ2) is 7.90. The summed E-state index contributed by atoms with van der Waals surface area (Å²) in [7, 11) is 3.17. The van der Waals surface area contributed by atoms with E-state index < -0.39 is 0 Å². The smallest absolute Gasteiger partial charge is 0.322 e. The summed E-state index contributed by atoms with van der Waals surface area (Å²) in [5.41, 5.74) is 3.38. The molecule has 2 heterocycles. The number of rotatable bonds is 6. The third kappa shape index (κ3) is 4.53. The highest BCUT2D eigenvalue weighted by molar-refractivity contribution is 5.93. The van der Waals surface area contributed by atoms with Crippen molar-refractivity contribution >= 4 is 23.4 Å². The molecule has 2 saturated heterocycles. The molecule has 0 aromatic heterocycles. The fraction of sp³-hybridized carbons (Fsp3) is 0.333. The Kier molecular flexibility index (Phi) is 5.16. The summed E-state index contributed by atoms with van der Waals surface area (Å²) >= 11 is 0. The molecule has 2 N–H and O–H groups in total. The molecule has 8 heteroatoms. The number of nitrogens with zero attached hydrogens (tertiary/aromatic N) is 2. The average Bonchev–Trinajstić information content (AvgIpc) is 3.62. The van der Waals surface area contributed by atoms with Crippen LogP contribution in [0, 0.1) is 0 Å². The maximum atomic E-state index is 12.0. The lowest BCUT2D eigenvalue weighted by molar-refractivity contribution is 0.241. The van der Waals surface area contributed by atoms with Gasteiger partial charge in [-0.05, 0) is 41.8 Å². The lowest BCUT2D eigenvalue weighted by Gasteiger charge is -2.14. The van der Waals surface area contributed by atoms with Crippen LogP contribution < -0.4 is 20.1 Å². The molecule has 8 nitrogen and oxygen atoms in total. The van der Waals surface area contributed by atoms with Gasteiger partial charge in [0.25, 0.3) is 0 Å². The highest BCUT2D eigenvalue weighted by Gasteiger charge is 2.25. The van der Waals surface area contributed by atoms with Gasteiger partial charge >= 0.3 is 12.1 Å². The first-order valence-electron chi connectivity index (χ1n) is 9.53. The number of hydrogen-bond donors (Lipinski definition) is 2. The molecule has 2 aliphatic heterocycles. The molecular weight excluding hydrogens is 372 g/mol. The first-order chi connectivity index (χ1) is 14.1. The van der Waals surface area contributed by atoms with Gasteiger partial charge in [-0.1, -0.05) is 12.1 Å². The third-order valence-corrected chi connectivity index (χ3v) is 4.89. The van der Waals surface area contributed by atoms with Crippen molar-refractivity contribution in [3.8, 4) is 11.5 Å². The van der Waals surface area contributed by atoms with Crippen LogP contribution in [0.3, 0.4) is 0 Å². The van der Waals surface area contributed by atoms with Crippen molar-refractivity contribution < 1.29 is 19.1 Å². The Morgan fingerprint density at radius 1 is 0.793 bits per heavy atom. The van der Waals surface area contributed by atoms with E-state index in [0.717, 1.165) is 37.3 Å². The minimum absolute atomic E-state index is 0.110. The van der Waals surface area contributed by atoms with Crippen molar-refractivity contribution in [1.29, 1.82) is 0 Å². The zero-order valence-electron chi connectivity index (χ0n) is 16.5. The number of carbonyl (C=O) groups excluding carboxylic acids is 2. The van der Waals surface area contributed by atoms with Crippen LogP contribution in [-0.2, 0) is 6.42 Å². The summed E-state index contributed by atoms with van der Waals surface area (Å²) in [6.07, 6.45) is 0.660. The van der Waals surface area contributed by atoms with Gasteiger partial charge in [0.2, 0.25) is 0 Å². The molecular formula is C21H24N4O4. The number of anilines is 2. The van der Waals surface area contributed by atoms with E-state index >= 15 is 0 Å². The van der Waals surface area contributed by atoms with Crippen molar-refractivity contribution in [2.45, 2.75) is 6.42 Å². The molecule has 4 amide bonds. The second-order valence-corrected chi connectivity index (χ2v) is 7.08. The van der Waals surface area contributed by atoms with Crippen LogP contribution in [0.4, 0.5) is 21.0 Å². The summed E-state index contributed by atoms with van der Waals surface area (Å²) in [6.45, 7) is 3.18. The molecule has 0 unspecified atom stereocenters. The molecule has 2 aromatic rings. The molecule has 2 fully saturated rings. The number of methoxy groups -OCH3 is 2. The molecule has 4 rings (SSSR count). The molecule has 0 radical (unpaired) electrons. The molecule has 0 atom stereocenters. The number of carbonyl (C=O) groups is 2. The first kappa shape index (κ1) is 18.9. The zero-order valence-corrected chi connectivity index (χ0v) is 16.5. The largest absolute Gasteiger partial charge is 0.495 e. The van der Waals surface area contributed by atoms with Gasteiger partial charge in [0, 0.05) is 26.2 Å². The number of hydrogen-bond acceptors (Lipinski definition) is 4. The highest BCUT2D eigenvalue weighted by Crippen LogP contribution is 2.30. The van der Waals surface area contributed by atoms with Crippen LogP contribution in [0.2, 0.25) is 0 Å². The third-order valence-electron chi connectivity index (χ3n) is 4.89. The molecule has 152 valence electrons. The van der Waals surface area contributed by atoms with E-state index in [4.69, 9.17) is 9.47 Å². The van der Waals surface area contributed by atoms with Gasteiger partial charge in [-0.2, -0.15) is 0 Å². The van der Waals surface area contributed by atoms with Crippen LogP contribution in [0.5, 0.6) is 11.5 Å². The number of benzene rings is 2. The Morgan fingerprint density at radius 3 is 1.55 bits per heavy atom. The molecule has 0 bridgehead atoms. The normalized spacial score (nSPS) is 14.3. The highest BCUT2D eigenvalue weighted by atomic mass is 16.5. The molecule has 2 aliphatic rings. The quantitative estimate of drug-likeness (QED) is 0.736. The van der Waals surface area contributed by atoms with E-state index in [0.29, 0.717) is 29.3 Å². The Labute approximate surface area is 169 Å². The lowest BCUT2D eigenvalue weighted by atomic mass is 10.0. The number of ether oxygens (including phenoxy) is 2. The van der Waals surface area contributed by atoms with Gasteiger partial charge < -0.3 is 29.9 Å². The summed E-state index contributed by atoms with van der Waals surface area (Å²) in [6, 6.07) is 11.2. The molecule has 29 heavy (non-hydrogen) atoms. The maximum Gasteiger partial charge on any atom is 0.322 e. The summed E-state index contributed by atoms with van der Waals surface area (Å²) in [5, 5.41) is 5.74.